The molecule has 0 radical (unpaired) electrons. The number of nitrogens with zero attached hydrogens (tertiary/aromatic N) is 2. The molecule has 0 aliphatic carbocycles. The Kier molecular flexibility index (Phi) is 8.50. The lowest BCUT2D eigenvalue weighted by molar-refractivity contribution is 0.103. The minimum absolute atomic E-state index is 0.00817. The van der Waals surface area contributed by atoms with Crippen molar-refractivity contribution in [1.82, 2.24) is 9.80 Å². The molecule has 2 aliphatic heterocycles. The van der Waals surface area contributed by atoms with Gasteiger partial charge in [0, 0.05) is 76.7 Å². The zero-order chi connectivity index (χ0) is 26.6. The normalized spacial score (nSPS) is 17.7. The van der Waals surface area contributed by atoms with Crippen molar-refractivity contribution < 1.29 is 27.8 Å². The monoisotopic (exact) mass is 498 g/mol. The van der Waals surface area contributed by atoms with Crippen molar-refractivity contribution in [3.8, 4) is 11.5 Å². The Morgan fingerprint density at radius 1 is 0.750 bits per heavy atom. The fraction of sp³-hybridized carbons (Fsp3) is 0.357. The third kappa shape index (κ3) is 6.71. The number of hydrogen-bond acceptors (Lipinski definition) is 6. The van der Waals surface area contributed by atoms with Gasteiger partial charge in [0.15, 0.2) is 11.6 Å². The second-order valence-electron chi connectivity index (χ2n) is 9.44. The minimum Gasteiger partial charge on any atom is -0.489 e. The van der Waals surface area contributed by atoms with Crippen molar-refractivity contribution in [2.45, 2.75) is 38.9 Å². The molecule has 0 bridgehead atoms. The Balaban J connectivity index is 0.000000201. The fourth-order valence-electron chi connectivity index (χ4n) is 3.97. The van der Waals surface area contributed by atoms with Gasteiger partial charge in [-0.25, -0.2) is 8.78 Å². The van der Waals surface area contributed by atoms with Crippen molar-refractivity contribution in [2.75, 3.05) is 28.2 Å². The van der Waals surface area contributed by atoms with Crippen LogP contribution < -0.4 is 9.47 Å². The van der Waals surface area contributed by atoms with E-state index in [0.717, 1.165) is 11.1 Å². The predicted octanol–water partition coefficient (Wildman–Crippen LogP) is 4.81. The summed E-state index contributed by atoms with van der Waals surface area (Å²) in [6, 6.07) is 5.34. The summed E-state index contributed by atoms with van der Waals surface area (Å²) >= 11 is 0. The maximum Gasteiger partial charge on any atom is 0.191 e. The molecule has 2 aliphatic rings. The van der Waals surface area contributed by atoms with Crippen LogP contribution in [-0.2, 0) is 12.8 Å². The van der Waals surface area contributed by atoms with Gasteiger partial charge in [0.05, 0.1) is 11.1 Å². The van der Waals surface area contributed by atoms with Gasteiger partial charge in [-0.1, -0.05) is 0 Å². The predicted molar refractivity (Wildman–Crippen MR) is 135 cm³/mol. The Bertz CT molecular complexity index is 1110. The van der Waals surface area contributed by atoms with Crippen LogP contribution in [0.15, 0.2) is 48.8 Å². The summed E-state index contributed by atoms with van der Waals surface area (Å²) in [5.74, 6) is -0.224. The van der Waals surface area contributed by atoms with Gasteiger partial charge in [-0.3, -0.25) is 9.59 Å². The van der Waals surface area contributed by atoms with Crippen molar-refractivity contribution in [1.29, 1.82) is 0 Å². The number of allylic oxidation sites excluding steroid dienone is 2. The number of rotatable bonds is 6. The van der Waals surface area contributed by atoms with Crippen molar-refractivity contribution >= 4 is 11.6 Å². The van der Waals surface area contributed by atoms with E-state index in [0.29, 0.717) is 35.5 Å². The van der Waals surface area contributed by atoms with Gasteiger partial charge in [0.2, 0.25) is 0 Å². The van der Waals surface area contributed by atoms with Crippen LogP contribution in [0.5, 0.6) is 11.5 Å². The van der Waals surface area contributed by atoms with Crippen LogP contribution >= 0.6 is 0 Å². The van der Waals surface area contributed by atoms with Crippen LogP contribution in [0.3, 0.4) is 0 Å². The number of ether oxygens (including phenoxy) is 2. The van der Waals surface area contributed by atoms with Crippen LogP contribution in [0, 0.1) is 11.6 Å². The highest BCUT2D eigenvalue weighted by Gasteiger charge is 2.26. The summed E-state index contributed by atoms with van der Waals surface area (Å²) in [7, 11) is 7.27. The van der Waals surface area contributed by atoms with E-state index in [-0.39, 0.29) is 23.8 Å². The maximum atomic E-state index is 13.5. The van der Waals surface area contributed by atoms with E-state index in [4.69, 9.17) is 9.47 Å². The van der Waals surface area contributed by atoms with Crippen LogP contribution in [0.4, 0.5) is 8.78 Å². The molecule has 0 saturated heterocycles. The molecule has 2 aromatic rings. The van der Waals surface area contributed by atoms with Gasteiger partial charge < -0.3 is 19.3 Å². The van der Waals surface area contributed by atoms with E-state index in [1.807, 2.05) is 42.0 Å². The average molecular weight is 499 g/mol. The number of benzene rings is 2. The van der Waals surface area contributed by atoms with E-state index >= 15 is 0 Å². The maximum absolute atomic E-state index is 13.5. The van der Waals surface area contributed by atoms with Crippen LogP contribution in [0.2, 0.25) is 0 Å². The Morgan fingerprint density at radius 2 is 1.11 bits per heavy atom. The fourth-order valence-corrected chi connectivity index (χ4v) is 3.97. The first-order valence-electron chi connectivity index (χ1n) is 11.7. The summed E-state index contributed by atoms with van der Waals surface area (Å²) in [5.41, 5.74) is 2.13. The summed E-state index contributed by atoms with van der Waals surface area (Å²) in [6.07, 6.45) is 7.38. The zero-order valence-corrected chi connectivity index (χ0v) is 21.5. The number of halogens is 2. The smallest absolute Gasteiger partial charge is 0.191 e. The first-order valence-corrected chi connectivity index (χ1v) is 11.7. The molecule has 2 aromatic carbocycles. The topological polar surface area (TPSA) is 59.1 Å². The van der Waals surface area contributed by atoms with Crippen molar-refractivity contribution in [3.63, 3.8) is 0 Å². The van der Waals surface area contributed by atoms with E-state index in [1.54, 1.807) is 22.2 Å². The number of carbonyl (C=O) groups excluding carboxylic acids is 2. The van der Waals surface area contributed by atoms with Gasteiger partial charge in [0.1, 0.15) is 35.3 Å². The molecule has 8 heteroatoms. The Hall–Kier alpha value is -3.68. The molecule has 0 fully saturated rings. The molecular formula is C28H32F2N2O4. The van der Waals surface area contributed by atoms with Crippen molar-refractivity contribution in [2.24, 2.45) is 0 Å². The van der Waals surface area contributed by atoms with E-state index in [9.17, 15) is 18.4 Å². The van der Waals surface area contributed by atoms with Crippen LogP contribution in [0.1, 0.15) is 45.7 Å². The van der Waals surface area contributed by atoms with Gasteiger partial charge in [-0.2, -0.15) is 0 Å². The molecule has 4 rings (SSSR count). The van der Waals surface area contributed by atoms with Gasteiger partial charge in [0.25, 0.3) is 0 Å². The third-order valence-corrected chi connectivity index (χ3v) is 5.49. The van der Waals surface area contributed by atoms with Gasteiger partial charge in [-0.05, 0) is 38.1 Å². The first-order chi connectivity index (χ1) is 16.9. The molecule has 6 nitrogen and oxygen atoms in total. The second-order valence-corrected chi connectivity index (χ2v) is 9.44. The standard InChI is InChI=1S/2C14H16FNO2/c2*1-9-6-10-7-11(15)8-12(14(10)18-9)13(17)4-5-16(2)3/h2*4-5,7-9H,6H2,1-3H3/b2*5-4+/t2*9-/m10/s1. The molecule has 2 heterocycles. The molecule has 0 unspecified atom stereocenters. The lowest BCUT2D eigenvalue weighted by atomic mass is 10.0. The lowest BCUT2D eigenvalue weighted by Crippen LogP contribution is -2.07. The van der Waals surface area contributed by atoms with E-state index in [1.165, 1.54) is 36.4 Å². The van der Waals surface area contributed by atoms with Crippen molar-refractivity contribution in [3.05, 3.63) is 82.7 Å². The minimum atomic E-state index is -0.395. The largest absolute Gasteiger partial charge is 0.489 e. The highest BCUT2D eigenvalue weighted by atomic mass is 19.1. The summed E-state index contributed by atoms with van der Waals surface area (Å²) in [6.45, 7) is 3.81. The summed E-state index contributed by atoms with van der Waals surface area (Å²) in [4.78, 5) is 27.5. The molecule has 0 spiro atoms. The summed E-state index contributed by atoms with van der Waals surface area (Å²) in [5, 5.41) is 0. The Morgan fingerprint density at radius 3 is 1.44 bits per heavy atom. The van der Waals surface area contributed by atoms with Crippen LogP contribution in [-0.4, -0.2) is 61.8 Å². The summed E-state index contributed by atoms with van der Waals surface area (Å²) < 4.78 is 38.1. The average Bonchev–Trinajstić information content (AvgIpc) is 3.35. The Labute approximate surface area is 210 Å². The molecule has 36 heavy (non-hydrogen) atoms. The molecule has 192 valence electrons. The zero-order valence-electron chi connectivity index (χ0n) is 21.5. The second kappa shape index (κ2) is 11.4. The highest BCUT2D eigenvalue weighted by molar-refractivity contribution is 6.07. The highest BCUT2D eigenvalue weighted by Crippen LogP contribution is 2.35. The number of ketones is 2. The molecular weight excluding hydrogens is 466 g/mol. The molecule has 0 saturated carbocycles. The quantitative estimate of drug-likeness (QED) is 0.421. The van der Waals surface area contributed by atoms with E-state index < -0.39 is 11.6 Å². The number of fused-ring (bicyclic) bond motifs is 2. The SMILES string of the molecule is C[C@@H]1Cc2cc(F)cc(C(=O)/C=C/N(C)C)c2O1.C[C@H]1Cc2cc(F)cc(C(=O)/C=C/N(C)C)c2O1. The first kappa shape index (κ1) is 26.9. The van der Waals surface area contributed by atoms with Gasteiger partial charge in [-0.15, -0.1) is 0 Å². The lowest BCUT2D eigenvalue weighted by Gasteiger charge is -2.08. The number of carbonyl (C=O) groups is 2. The van der Waals surface area contributed by atoms with Crippen LogP contribution in [0.25, 0.3) is 0 Å². The van der Waals surface area contributed by atoms with E-state index in [2.05, 4.69) is 0 Å². The molecule has 0 amide bonds. The molecule has 2 atom stereocenters. The third-order valence-electron chi connectivity index (χ3n) is 5.49. The number of hydrogen-bond donors (Lipinski definition) is 0. The van der Waals surface area contributed by atoms with Gasteiger partial charge >= 0.3 is 0 Å². The molecule has 0 aromatic heterocycles. The molecule has 0 N–H and O–H groups in total.